The first kappa shape index (κ1) is 9.24. The van der Waals surface area contributed by atoms with Crippen LogP contribution < -0.4 is 5.32 Å². The van der Waals surface area contributed by atoms with E-state index in [4.69, 9.17) is 0 Å². The molecule has 1 saturated heterocycles. The molecule has 5 nitrogen and oxygen atoms in total. The predicted molar refractivity (Wildman–Crippen MR) is 37.8 cm³/mol. The van der Waals surface area contributed by atoms with E-state index in [0.29, 0.717) is 0 Å². The average molecular weight is 197 g/mol. The average Bonchev–Trinajstić information content (AvgIpc) is 2.05. The Bertz CT molecular complexity index is 301. The fourth-order valence-corrected chi connectivity index (χ4v) is 1.92. The zero-order valence-electron chi connectivity index (χ0n) is 6.33. The zero-order valence-corrected chi connectivity index (χ0v) is 7.15. The van der Waals surface area contributed by atoms with E-state index in [-0.39, 0.29) is 6.61 Å². The summed E-state index contributed by atoms with van der Waals surface area (Å²) in [6.45, 7) is 1.27. The van der Waals surface area contributed by atoms with Gasteiger partial charge in [0, 0.05) is 0 Å². The van der Waals surface area contributed by atoms with Crippen LogP contribution in [-0.4, -0.2) is 32.4 Å². The maximum Gasteiger partial charge on any atom is 0.407 e. The molecule has 0 saturated carbocycles. The summed E-state index contributed by atoms with van der Waals surface area (Å²) in [5, 5.41) is 2.21. The number of alkyl carbamates (subject to hydrolysis) is 1. The normalized spacial score (nSPS) is 29.7. The quantitative estimate of drug-likeness (QED) is 0.621. The van der Waals surface area contributed by atoms with Crippen LogP contribution in [0.5, 0.6) is 0 Å². The van der Waals surface area contributed by atoms with Gasteiger partial charge in [0.25, 0.3) is 0 Å². The van der Waals surface area contributed by atoms with E-state index in [9.17, 15) is 17.1 Å². The minimum Gasteiger partial charge on any atom is -0.447 e. The number of cyclic esters (lactones) is 1. The molecule has 0 aromatic rings. The molecule has 0 spiro atoms. The van der Waals surface area contributed by atoms with Crippen molar-refractivity contribution < 1.29 is 21.8 Å². The van der Waals surface area contributed by atoms with Crippen LogP contribution in [0.2, 0.25) is 0 Å². The maximum atomic E-state index is 12.2. The minimum atomic E-state index is -4.58. The molecule has 1 heterocycles. The Morgan fingerprint density at radius 2 is 2.33 bits per heavy atom. The van der Waals surface area contributed by atoms with Crippen molar-refractivity contribution in [3.8, 4) is 0 Å². The highest BCUT2D eigenvalue weighted by Crippen LogP contribution is 2.15. The molecule has 0 bridgehead atoms. The first-order chi connectivity index (χ1) is 5.31. The number of rotatable bonds is 2. The van der Waals surface area contributed by atoms with Crippen molar-refractivity contribution in [1.29, 1.82) is 0 Å². The van der Waals surface area contributed by atoms with E-state index in [1.165, 1.54) is 6.92 Å². The Hall–Kier alpha value is -0.850. The summed E-state index contributed by atoms with van der Waals surface area (Å²) >= 11 is 0. The highest BCUT2D eigenvalue weighted by atomic mass is 32.3. The SMILES string of the molecule is C[C@]1(CS(=O)(=O)F)COC(=O)N1. The van der Waals surface area contributed by atoms with Gasteiger partial charge < -0.3 is 10.1 Å². The Morgan fingerprint density at radius 3 is 2.67 bits per heavy atom. The topological polar surface area (TPSA) is 72.5 Å². The number of hydrogen-bond acceptors (Lipinski definition) is 4. The third kappa shape index (κ3) is 2.33. The van der Waals surface area contributed by atoms with E-state index in [2.05, 4.69) is 10.1 Å². The Kier molecular flexibility index (Phi) is 1.99. The number of carbonyl (C=O) groups is 1. The number of hydrogen-bond donors (Lipinski definition) is 1. The lowest BCUT2D eigenvalue weighted by Crippen LogP contribution is -2.45. The van der Waals surface area contributed by atoms with Gasteiger partial charge in [-0.05, 0) is 6.92 Å². The van der Waals surface area contributed by atoms with Crippen molar-refractivity contribution >= 4 is 16.3 Å². The standard InChI is InChI=1S/C5H8FNO4S/c1-5(3-12(6,9)10)2-11-4(8)7-5/h2-3H2,1H3,(H,7,8)/t5-/m1/s1. The van der Waals surface area contributed by atoms with E-state index in [1.807, 2.05) is 0 Å². The van der Waals surface area contributed by atoms with Gasteiger partial charge >= 0.3 is 16.3 Å². The molecular formula is C5H8FNO4S. The molecule has 1 N–H and O–H groups in total. The number of ether oxygens (including phenoxy) is 1. The molecule has 70 valence electrons. The maximum absolute atomic E-state index is 12.2. The number of nitrogens with one attached hydrogen (secondary N) is 1. The van der Waals surface area contributed by atoms with E-state index >= 15 is 0 Å². The fourth-order valence-electron chi connectivity index (χ4n) is 1.00. The van der Waals surface area contributed by atoms with Gasteiger partial charge in [-0.2, -0.15) is 8.42 Å². The molecule has 1 fully saturated rings. The molecule has 1 atom stereocenters. The second-order valence-electron chi connectivity index (χ2n) is 2.94. The lowest BCUT2D eigenvalue weighted by Gasteiger charge is -2.17. The number of amides is 1. The lowest BCUT2D eigenvalue weighted by molar-refractivity contribution is 0.174. The molecule has 12 heavy (non-hydrogen) atoms. The molecule has 0 aromatic carbocycles. The summed E-state index contributed by atoms with van der Waals surface area (Å²) in [6.07, 6.45) is -0.721. The van der Waals surface area contributed by atoms with Crippen LogP contribution in [-0.2, 0) is 15.0 Å². The molecule has 1 amide bonds. The first-order valence-corrected chi connectivity index (χ1v) is 4.73. The molecule has 1 aliphatic heterocycles. The van der Waals surface area contributed by atoms with Gasteiger partial charge in [-0.1, -0.05) is 0 Å². The van der Waals surface area contributed by atoms with Crippen LogP contribution in [0.15, 0.2) is 0 Å². The van der Waals surface area contributed by atoms with E-state index < -0.39 is 27.6 Å². The highest BCUT2D eigenvalue weighted by Gasteiger charge is 2.39. The number of carbonyl (C=O) groups excluding carboxylic acids is 1. The summed E-state index contributed by atoms with van der Waals surface area (Å²) < 4.78 is 37.1. The van der Waals surface area contributed by atoms with Gasteiger partial charge in [-0.25, -0.2) is 4.79 Å². The van der Waals surface area contributed by atoms with Crippen LogP contribution in [0.4, 0.5) is 8.68 Å². The summed E-state index contributed by atoms with van der Waals surface area (Å²) in [6, 6.07) is 0. The van der Waals surface area contributed by atoms with Crippen molar-refractivity contribution in [2.24, 2.45) is 0 Å². The number of halogens is 1. The van der Waals surface area contributed by atoms with Crippen molar-refractivity contribution in [2.45, 2.75) is 12.5 Å². The molecule has 0 aliphatic carbocycles. The van der Waals surface area contributed by atoms with Gasteiger partial charge in [-0.15, -0.1) is 3.89 Å². The van der Waals surface area contributed by atoms with Crippen molar-refractivity contribution in [2.75, 3.05) is 12.4 Å². The van der Waals surface area contributed by atoms with E-state index in [0.717, 1.165) is 0 Å². The van der Waals surface area contributed by atoms with Crippen molar-refractivity contribution in [3.63, 3.8) is 0 Å². The molecular weight excluding hydrogens is 189 g/mol. The van der Waals surface area contributed by atoms with Gasteiger partial charge in [0.15, 0.2) is 0 Å². The summed E-state index contributed by atoms with van der Waals surface area (Å²) in [4.78, 5) is 10.5. The van der Waals surface area contributed by atoms with Crippen LogP contribution in [0.25, 0.3) is 0 Å². The zero-order chi connectivity index (χ0) is 9.41. The molecule has 0 radical (unpaired) electrons. The Labute approximate surface area is 69.1 Å². The third-order valence-electron chi connectivity index (χ3n) is 1.42. The van der Waals surface area contributed by atoms with Crippen LogP contribution in [0.3, 0.4) is 0 Å². The van der Waals surface area contributed by atoms with E-state index in [1.54, 1.807) is 0 Å². The van der Waals surface area contributed by atoms with Gasteiger partial charge in [0.05, 0.1) is 5.54 Å². The van der Waals surface area contributed by atoms with Crippen LogP contribution >= 0.6 is 0 Å². The van der Waals surface area contributed by atoms with Gasteiger partial charge in [-0.3, -0.25) is 0 Å². The largest absolute Gasteiger partial charge is 0.447 e. The van der Waals surface area contributed by atoms with Crippen LogP contribution in [0, 0.1) is 0 Å². The Balaban J connectivity index is 2.69. The summed E-state index contributed by atoms with van der Waals surface area (Å²) in [7, 11) is -4.58. The highest BCUT2D eigenvalue weighted by molar-refractivity contribution is 7.86. The second-order valence-corrected chi connectivity index (χ2v) is 4.31. The molecule has 7 heteroatoms. The van der Waals surface area contributed by atoms with Gasteiger partial charge in [0.1, 0.15) is 12.4 Å². The van der Waals surface area contributed by atoms with Crippen LogP contribution in [0.1, 0.15) is 6.92 Å². The predicted octanol–water partition coefficient (Wildman–Crippen LogP) is -0.216. The van der Waals surface area contributed by atoms with Crippen molar-refractivity contribution in [3.05, 3.63) is 0 Å². The fraction of sp³-hybridized carbons (Fsp3) is 0.800. The smallest absolute Gasteiger partial charge is 0.407 e. The third-order valence-corrected chi connectivity index (χ3v) is 2.40. The van der Waals surface area contributed by atoms with Gasteiger partial charge in [0.2, 0.25) is 0 Å². The second kappa shape index (κ2) is 2.58. The molecule has 1 aliphatic rings. The Morgan fingerprint density at radius 1 is 1.75 bits per heavy atom. The summed E-state index contributed by atoms with van der Waals surface area (Å²) in [5.74, 6) is -0.758. The monoisotopic (exact) mass is 197 g/mol. The minimum absolute atomic E-state index is 0.130. The summed E-state index contributed by atoms with van der Waals surface area (Å²) in [5.41, 5.74) is -1.13. The first-order valence-electron chi connectivity index (χ1n) is 3.18. The molecule has 0 aromatic heterocycles. The molecule has 0 unspecified atom stereocenters. The van der Waals surface area contributed by atoms with Crippen molar-refractivity contribution in [1.82, 2.24) is 5.32 Å². The molecule has 1 rings (SSSR count). The lowest BCUT2D eigenvalue weighted by atomic mass is 10.1.